The number of amides is 4. The second-order valence-corrected chi connectivity index (χ2v) is 15.8. The fourth-order valence-electron chi connectivity index (χ4n) is 8.49. The SMILES string of the molecule is CC(=O)N[C@H](C(=O)N[C@H](C(=O)N1C[C@H](OCc2cccc3ccccc23)C[C@H]1C(=O)N[C@]1(C(=O)O)C[C@@H]1CCc1ccccc1)C(C)C)C1CCCCC1. The van der Waals surface area contributed by atoms with Gasteiger partial charge in [-0.15, -0.1) is 0 Å². The number of aliphatic carboxylic acids is 1. The van der Waals surface area contributed by atoms with Gasteiger partial charge in [0, 0.05) is 19.9 Å². The number of benzene rings is 3. The number of hydrogen-bond donors (Lipinski definition) is 4. The molecule has 1 heterocycles. The van der Waals surface area contributed by atoms with Crippen molar-refractivity contribution in [3.63, 3.8) is 0 Å². The van der Waals surface area contributed by atoms with Crippen LogP contribution in [0.2, 0.25) is 0 Å². The Morgan fingerprint density at radius 1 is 0.907 bits per heavy atom. The van der Waals surface area contributed by atoms with Crippen LogP contribution in [0.5, 0.6) is 0 Å². The van der Waals surface area contributed by atoms with Gasteiger partial charge in [0.05, 0.1) is 12.7 Å². The summed E-state index contributed by atoms with van der Waals surface area (Å²) in [5.74, 6) is -3.45. The highest BCUT2D eigenvalue weighted by atomic mass is 16.5. The van der Waals surface area contributed by atoms with Crippen molar-refractivity contribution in [2.24, 2.45) is 17.8 Å². The quantitative estimate of drug-likeness (QED) is 0.168. The van der Waals surface area contributed by atoms with Gasteiger partial charge in [0.25, 0.3) is 0 Å². The molecule has 3 aromatic carbocycles. The summed E-state index contributed by atoms with van der Waals surface area (Å²) in [6.07, 6.45) is 5.87. The molecular formula is C43H54N4O7. The number of fused-ring (bicyclic) bond motifs is 1. The Hall–Kier alpha value is -4.77. The summed E-state index contributed by atoms with van der Waals surface area (Å²) in [6, 6.07) is 21.1. The number of ether oxygens (including phenoxy) is 1. The van der Waals surface area contributed by atoms with Gasteiger partial charge in [-0.2, -0.15) is 0 Å². The van der Waals surface area contributed by atoms with Crippen molar-refractivity contribution in [1.29, 1.82) is 0 Å². The van der Waals surface area contributed by atoms with Crippen molar-refractivity contribution < 1.29 is 33.8 Å². The van der Waals surface area contributed by atoms with Crippen molar-refractivity contribution >= 4 is 40.4 Å². The first-order valence-corrected chi connectivity index (χ1v) is 19.5. The van der Waals surface area contributed by atoms with E-state index in [9.17, 15) is 29.1 Å². The number of nitrogens with zero attached hydrogens (tertiary/aromatic N) is 1. The van der Waals surface area contributed by atoms with Crippen LogP contribution in [0, 0.1) is 17.8 Å². The van der Waals surface area contributed by atoms with E-state index in [1.807, 2.05) is 86.6 Å². The Morgan fingerprint density at radius 3 is 2.31 bits per heavy atom. The Balaban J connectivity index is 1.21. The maximum atomic E-state index is 14.6. The van der Waals surface area contributed by atoms with E-state index in [2.05, 4.69) is 16.0 Å². The smallest absolute Gasteiger partial charge is 0.329 e. The summed E-state index contributed by atoms with van der Waals surface area (Å²) in [7, 11) is 0. The lowest BCUT2D eigenvalue weighted by Gasteiger charge is -2.34. The van der Waals surface area contributed by atoms with Gasteiger partial charge in [-0.05, 0) is 71.8 Å². The fourth-order valence-corrected chi connectivity index (χ4v) is 8.49. The van der Waals surface area contributed by atoms with E-state index >= 15 is 0 Å². The van der Waals surface area contributed by atoms with Gasteiger partial charge in [-0.1, -0.05) is 106 Å². The molecule has 0 aromatic heterocycles. The van der Waals surface area contributed by atoms with E-state index in [4.69, 9.17) is 4.74 Å². The zero-order chi connectivity index (χ0) is 38.4. The van der Waals surface area contributed by atoms with Gasteiger partial charge in [0.15, 0.2) is 0 Å². The van der Waals surface area contributed by atoms with E-state index in [1.165, 1.54) is 11.8 Å². The highest BCUT2D eigenvalue weighted by Gasteiger charge is 2.62. The van der Waals surface area contributed by atoms with Crippen LogP contribution in [-0.2, 0) is 41.7 Å². The van der Waals surface area contributed by atoms with Crippen molar-refractivity contribution in [3.05, 3.63) is 83.9 Å². The molecule has 6 atom stereocenters. The molecule has 0 bridgehead atoms. The summed E-state index contributed by atoms with van der Waals surface area (Å²) in [5, 5.41) is 21.2. The van der Waals surface area contributed by atoms with Crippen LogP contribution >= 0.6 is 0 Å². The Bertz CT molecular complexity index is 1820. The lowest BCUT2D eigenvalue weighted by Crippen LogP contribution is -2.60. The van der Waals surface area contributed by atoms with Crippen LogP contribution in [-0.4, -0.2) is 75.9 Å². The first-order valence-electron chi connectivity index (χ1n) is 19.5. The third-order valence-corrected chi connectivity index (χ3v) is 11.7. The summed E-state index contributed by atoms with van der Waals surface area (Å²) >= 11 is 0. The molecule has 2 aliphatic carbocycles. The lowest BCUT2D eigenvalue weighted by atomic mass is 9.83. The monoisotopic (exact) mass is 738 g/mol. The second-order valence-electron chi connectivity index (χ2n) is 15.8. The molecular weight excluding hydrogens is 684 g/mol. The highest BCUT2D eigenvalue weighted by molar-refractivity contribution is 5.97. The lowest BCUT2D eigenvalue weighted by molar-refractivity contribution is -0.146. The maximum Gasteiger partial charge on any atom is 0.329 e. The van der Waals surface area contributed by atoms with Crippen LogP contribution in [0.15, 0.2) is 72.8 Å². The molecule has 0 spiro atoms. The predicted molar refractivity (Wildman–Crippen MR) is 205 cm³/mol. The average molecular weight is 739 g/mol. The van der Waals surface area contributed by atoms with Crippen molar-refractivity contribution in [2.75, 3.05) is 6.54 Å². The number of nitrogens with one attached hydrogen (secondary N) is 3. The van der Waals surface area contributed by atoms with Crippen LogP contribution in [0.25, 0.3) is 10.8 Å². The van der Waals surface area contributed by atoms with Gasteiger partial charge in [-0.3, -0.25) is 19.2 Å². The van der Waals surface area contributed by atoms with E-state index in [1.54, 1.807) is 0 Å². The molecule has 0 radical (unpaired) electrons. The molecule has 2 saturated carbocycles. The fraction of sp³-hybridized carbons (Fsp3) is 0.512. The number of aryl methyl sites for hydroxylation is 1. The molecule has 4 N–H and O–H groups in total. The third kappa shape index (κ3) is 8.94. The van der Waals surface area contributed by atoms with Gasteiger partial charge in [0.1, 0.15) is 23.7 Å². The molecule has 3 aromatic rings. The summed E-state index contributed by atoms with van der Waals surface area (Å²) in [5.41, 5.74) is 0.654. The number of carbonyl (C=O) groups excluding carboxylic acids is 4. The number of carbonyl (C=O) groups is 5. The second kappa shape index (κ2) is 17.1. The van der Waals surface area contributed by atoms with E-state index in [-0.39, 0.29) is 43.2 Å². The highest BCUT2D eigenvalue weighted by Crippen LogP contribution is 2.47. The molecule has 288 valence electrons. The molecule has 3 aliphatic rings. The molecule has 4 amide bonds. The standard InChI is InChI=1S/C43H54N4O7/c1-27(2)37(45-40(50)38(44-28(3)48)31-16-8-5-9-17-31)41(51)47-25-34(54-26-32-19-12-18-30-15-10-11-20-35(30)32)23-36(47)39(49)46-43(42(52)53)24-33(43)22-21-29-13-6-4-7-14-29/h4,6-7,10-15,18-20,27,31,33-34,36-38H,5,8-9,16-17,21-26H2,1-3H3,(H,44,48)(H,45,50)(H,46,49)(H,52,53)/t33-,34+,36-,37-,38-,43+/m0/s1. The molecule has 1 aliphatic heterocycles. The van der Waals surface area contributed by atoms with Crippen LogP contribution in [0.3, 0.4) is 0 Å². The normalized spacial score (nSPS) is 23.8. The van der Waals surface area contributed by atoms with Crippen LogP contribution < -0.4 is 16.0 Å². The van der Waals surface area contributed by atoms with E-state index < -0.39 is 53.5 Å². The van der Waals surface area contributed by atoms with Crippen molar-refractivity contribution in [3.8, 4) is 0 Å². The van der Waals surface area contributed by atoms with Crippen molar-refractivity contribution in [1.82, 2.24) is 20.9 Å². The molecule has 1 saturated heterocycles. The number of carboxylic acid groups (broad SMARTS) is 1. The molecule has 6 rings (SSSR count). The maximum absolute atomic E-state index is 14.6. The minimum Gasteiger partial charge on any atom is -0.479 e. The molecule has 0 unspecified atom stereocenters. The van der Waals surface area contributed by atoms with Crippen LogP contribution in [0.1, 0.15) is 83.3 Å². The Morgan fingerprint density at radius 2 is 1.61 bits per heavy atom. The molecule has 3 fully saturated rings. The Labute approximate surface area is 317 Å². The number of hydrogen-bond acceptors (Lipinski definition) is 6. The largest absolute Gasteiger partial charge is 0.479 e. The Kier molecular flexibility index (Phi) is 12.4. The topological polar surface area (TPSA) is 154 Å². The van der Waals surface area contributed by atoms with Gasteiger partial charge in [-0.25, -0.2) is 4.79 Å². The predicted octanol–water partition coefficient (Wildman–Crippen LogP) is 5.14. The average Bonchev–Trinajstić information content (AvgIpc) is 3.71. The number of carboxylic acids is 1. The summed E-state index contributed by atoms with van der Waals surface area (Å²) < 4.78 is 6.42. The molecule has 11 nitrogen and oxygen atoms in total. The van der Waals surface area contributed by atoms with Crippen LogP contribution in [0.4, 0.5) is 0 Å². The minimum atomic E-state index is -1.42. The minimum absolute atomic E-state index is 0.0386. The first-order chi connectivity index (χ1) is 26.0. The molecule has 11 heteroatoms. The summed E-state index contributed by atoms with van der Waals surface area (Å²) in [4.78, 5) is 69.0. The number of rotatable bonds is 15. The summed E-state index contributed by atoms with van der Waals surface area (Å²) in [6.45, 7) is 5.40. The van der Waals surface area contributed by atoms with Gasteiger partial charge < -0.3 is 30.7 Å². The van der Waals surface area contributed by atoms with Crippen molar-refractivity contribution in [2.45, 2.75) is 115 Å². The van der Waals surface area contributed by atoms with E-state index in [0.717, 1.165) is 54.0 Å². The zero-order valence-corrected chi connectivity index (χ0v) is 31.6. The first kappa shape index (κ1) is 38.9. The zero-order valence-electron chi connectivity index (χ0n) is 31.6. The van der Waals surface area contributed by atoms with E-state index in [0.29, 0.717) is 19.3 Å². The van der Waals surface area contributed by atoms with Gasteiger partial charge in [0.2, 0.25) is 23.6 Å². The third-order valence-electron chi connectivity index (χ3n) is 11.7. The van der Waals surface area contributed by atoms with Gasteiger partial charge >= 0.3 is 5.97 Å². The number of likely N-dealkylation sites (tertiary alicyclic amines) is 1. The molecule has 54 heavy (non-hydrogen) atoms.